The van der Waals surface area contributed by atoms with Crippen molar-refractivity contribution < 1.29 is 19.1 Å². The summed E-state index contributed by atoms with van der Waals surface area (Å²) in [6.45, 7) is 4.74. The van der Waals surface area contributed by atoms with E-state index in [-0.39, 0.29) is 12.5 Å². The third kappa shape index (κ3) is 6.94. The second-order valence-corrected chi connectivity index (χ2v) is 5.87. The van der Waals surface area contributed by atoms with Crippen molar-refractivity contribution >= 4 is 17.9 Å². The minimum Gasteiger partial charge on any atom is -0.484 e. The Labute approximate surface area is 148 Å². The summed E-state index contributed by atoms with van der Waals surface area (Å²) in [5.41, 5.74) is 5.90. The molecule has 2 N–H and O–H groups in total. The average molecular weight is 347 g/mol. The van der Waals surface area contributed by atoms with Gasteiger partial charge in [-0.25, -0.2) is 0 Å². The van der Waals surface area contributed by atoms with Gasteiger partial charge in [0.1, 0.15) is 5.75 Å². The van der Waals surface area contributed by atoms with Gasteiger partial charge in [-0.3, -0.25) is 14.5 Å². The SMILES string of the molecule is CN(CCN1CCOCC1)C(=O)/C=C/c1ccc(OCC(N)=O)cc1. The van der Waals surface area contributed by atoms with Crippen molar-refractivity contribution in [3.8, 4) is 5.75 Å². The van der Waals surface area contributed by atoms with Crippen LogP contribution in [-0.4, -0.2) is 74.7 Å². The van der Waals surface area contributed by atoms with Crippen LogP contribution in [0.15, 0.2) is 30.3 Å². The number of ether oxygens (including phenoxy) is 2. The van der Waals surface area contributed by atoms with E-state index in [0.717, 1.165) is 38.4 Å². The Kier molecular flexibility index (Phi) is 7.43. The molecule has 7 nitrogen and oxygen atoms in total. The van der Waals surface area contributed by atoms with E-state index in [2.05, 4.69) is 4.90 Å². The van der Waals surface area contributed by atoms with Crippen LogP contribution in [0.2, 0.25) is 0 Å². The highest BCUT2D eigenvalue weighted by molar-refractivity contribution is 5.91. The molecule has 1 aliphatic rings. The summed E-state index contributed by atoms with van der Waals surface area (Å²) in [5, 5.41) is 0. The summed E-state index contributed by atoms with van der Waals surface area (Å²) in [4.78, 5) is 26.8. The van der Waals surface area contributed by atoms with Crippen LogP contribution in [0.25, 0.3) is 6.08 Å². The quantitative estimate of drug-likeness (QED) is 0.686. The van der Waals surface area contributed by atoms with Gasteiger partial charge in [0.25, 0.3) is 5.91 Å². The lowest BCUT2D eigenvalue weighted by molar-refractivity contribution is -0.125. The molecule has 136 valence electrons. The van der Waals surface area contributed by atoms with Gasteiger partial charge in [0.2, 0.25) is 5.91 Å². The molecule has 1 saturated heterocycles. The largest absolute Gasteiger partial charge is 0.484 e. The lowest BCUT2D eigenvalue weighted by atomic mass is 10.2. The van der Waals surface area contributed by atoms with E-state index in [4.69, 9.17) is 15.2 Å². The topological polar surface area (TPSA) is 85.1 Å². The number of nitrogens with zero attached hydrogens (tertiary/aromatic N) is 2. The van der Waals surface area contributed by atoms with Gasteiger partial charge in [0.15, 0.2) is 6.61 Å². The molecule has 1 heterocycles. The fourth-order valence-electron chi connectivity index (χ4n) is 2.35. The first kappa shape index (κ1) is 19.0. The van der Waals surface area contributed by atoms with E-state index in [9.17, 15) is 9.59 Å². The van der Waals surface area contributed by atoms with Crippen LogP contribution in [0.4, 0.5) is 0 Å². The van der Waals surface area contributed by atoms with E-state index in [1.165, 1.54) is 0 Å². The number of primary amides is 1. The van der Waals surface area contributed by atoms with E-state index < -0.39 is 5.91 Å². The molecule has 0 spiro atoms. The van der Waals surface area contributed by atoms with E-state index in [1.54, 1.807) is 36.2 Å². The minimum absolute atomic E-state index is 0.0395. The maximum absolute atomic E-state index is 12.2. The molecule has 0 atom stereocenters. The molecule has 25 heavy (non-hydrogen) atoms. The van der Waals surface area contributed by atoms with Crippen LogP contribution >= 0.6 is 0 Å². The molecule has 1 aromatic rings. The molecule has 0 bridgehead atoms. The van der Waals surface area contributed by atoms with Crippen LogP contribution in [0, 0.1) is 0 Å². The molecule has 0 aromatic heterocycles. The number of hydrogen-bond donors (Lipinski definition) is 1. The third-order valence-electron chi connectivity index (χ3n) is 3.91. The Bertz CT molecular complexity index is 595. The van der Waals surface area contributed by atoms with E-state index in [0.29, 0.717) is 12.3 Å². The summed E-state index contributed by atoms with van der Waals surface area (Å²) in [5.74, 6) is 0.00176. The summed E-state index contributed by atoms with van der Waals surface area (Å²) < 4.78 is 10.5. The van der Waals surface area contributed by atoms with Crippen LogP contribution in [0.5, 0.6) is 5.75 Å². The number of carbonyl (C=O) groups excluding carboxylic acids is 2. The van der Waals surface area contributed by atoms with Gasteiger partial charge in [-0.05, 0) is 23.8 Å². The maximum atomic E-state index is 12.2. The number of likely N-dealkylation sites (N-methyl/N-ethyl adjacent to an activating group) is 1. The molecule has 1 aromatic carbocycles. The second-order valence-electron chi connectivity index (χ2n) is 5.87. The number of rotatable bonds is 8. The zero-order valence-electron chi connectivity index (χ0n) is 14.5. The monoisotopic (exact) mass is 347 g/mol. The molecule has 0 radical (unpaired) electrons. The fraction of sp³-hybridized carbons (Fsp3) is 0.444. The predicted octanol–water partition coefficient (Wildman–Crippen LogP) is 0.355. The zero-order valence-corrected chi connectivity index (χ0v) is 14.5. The predicted molar refractivity (Wildman–Crippen MR) is 95.1 cm³/mol. The van der Waals surface area contributed by atoms with Crippen molar-refractivity contribution in [1.82, 2.24) is 9.80 Å². The maximum Gasteiger partial charge on any atom is 0.255 e. The molecule has 0 unspecified atom stereocenters. The zero-order chi connectivity index (χ0) is 18.1. The standard InChI is InChI=1S/C18H25N3O4/c1-20(8-9-21-10-12-24-13-11-21)18(23)7-4-15-2-5-16(6-3-15)25-14-17(19)22/h2-7H,8-14H2,1H3,(H2,19,22)/b7-4+. The summed E-state index contributed by atoms with van der Waals surface area (Å²) in [6, 6.07) is 7.09. The highest BCUT2D eigenvalue weighted by atomic mass is 16.5. The summed E-state index contributed by atoms with van der Waals surface area (Å²) in [6.07, 6.45) is 3.31. The van der Waals surface area contributed by atoms with Gasteiger partial charge in [-0.1, -0.05) is 12.1 Å². The van der Waals surface area contributed by atoms with Gasteiger partial charge in [-0.2, -0.15) is 0 Å². The van der Waals surface area contributed by atoms with Crippen LogP contribution in [-0.2, 0) is 14.3 Å². The molecule has 1 aliphatic heterocycles. The minimum atomic E-state index is -0.519. The van der Waals surface area contributed by atoms with Gasteiger partial charge >= 0.3 is 0 Å². The molecule has 2 rings (SSSR count). The Hall–Kier alpha value is -2.38. The molecule has 0 aliphatic carbocycles. The number of hydrogen-bond acceptors (Lipinski definition) is 5. The number of morpholine rings is 1. The Morgan fingerprint density at radius 1 is 1.28 bits per heavy atom. The number of benzene rings is 1. The smallest absolute Gasteiger partial charge is 0.255 e. The van der Waals surface area contributed by atoms with Crippen LogP contribution in [0.3, 0.4) is 0 Å². The van der Waals surface area contributed by atoms with Crippen molar-refractivity contribution in [2.45, 2.75) is 0 Å². The highest BCUT2D eigenvalue weighted by Gasteiger charge is 2.12. The van der Waals surface area contributed by atoms with Gasteiger partial charge < -0.3 is 20.1 Å². The number of nitrogens with two attached hydrogens (primary N) is 1. The lowest BCUT2D eigenvalue weighted by Gasteiger charge is -2.28. The first-order valence-corrected chi connectivity index (χ1v) is 8.29. The molecular weight excluding hydrogens is 322 g/mol. The van der Waals surface area contributed by atoms with Crippen LogP contribution in [0.1, 0.15) is 5.56 Å². The second kappa shape index (κ2) is 9.80. The average Bonchev–Trinajstić information content (AvgIpc) is 2.64. The Morgan fingerprint density at radius 2 is 1.96 bits per heavy atom. The molecule has 1 fully saturated rings. The molecular formula is C18H25N3O4. The lowest BCUT2D eigenvalue weighted by Crippen LogP contribution is -2.41. The van der Waals surface area contributed by atoms with Crippen molar-refractivity contribution in [3.63, 3.8) is 0 Å². The van der Waals surface area contributed by atoms with Crippen molar-refractivity contribution in [2.24, 2.45) is 5.73 Å². The highest BCUT2D eigenvalue weighted by Crippen LogP contribution is 2.13. The first-order chi connectivity index (χ1) is 12.0. The molecule has 7 heteroatoms. The Balaban J connectivity index is 1.77. The fourth-order valence-corrected chi connectivity index (χ4v) is 2.35. The molecule has 2 amide bonds. The summed E-state index contributed by atoms with van der Waals surface area (Å²) >= 11 is 0. The number of amides is 2. The molecule has 0 saturated carbocycles. The third-order valence-corrected chi connectivity index (χ3v) is 3.91. The Morgan fingerprint density at radius 3 is 2.60 bits per heavy atom. The van der Waals surface area contributed by atoms with Gasteiger partial charge in [-0.15, -0.1) is 0 Å². The van der Waals surface area contributed by atoms with Crippen molar-refractivity contribution in [1.29, 1.82) is 0 Å². The van der Waals surface area contributed by atoms with Crippen molar-refractivity contribution in [3.05, 3.63) is 35.9 Å². The number of carbonyl (C=O) groups is 2. The normalized spacial score (nSPS) is 15.2. The van der Waals surface area contributed by atoms with Gasteiger partial charge in [0, 0.05) is 39.3 Å². The van der Waals surface area contributed by atoms with E-state index >= 15 is 0 Å². The first-order valence-electron chi connectivity index (χ1n) is 8.29. The van der Waals surface area contributed by atoms with E-state index in [1.807, 2.05) is 12.1 Å². The van der Waals surface area contributed by atoms with Crippen molar-refractivity contribution in [2.75, 3.05) is 53.0 Å². The van der Waals surface area contributed by atoms with Gasteiger partial charge in [0.05, 0.1) is 13.2 Å². The summed E-state index contributed by atoms with van der Waals surface area (Å²) in [7, 11) is 1.80. The van der Waals surface area contributed by atoms with Crippen LogP contribution < -0.4 is 10.5 Å².